The van der Waals surface area contributed by atoms with Gasteiger partial charge in [0, 0.05) is 11.9 Å². The molecule has 0 aliphatic rings. The van der Waals surface area contributed by atoms with Gasteiger partial charge in [-0.2, -0.15) is 5.26 Å². The Kier molecular flexibility index (Phi) is 4.52. The number of carbonyl (C=O) groups excluding carboxylic acids is 2. The Balaban J connectivity index is 2.38. The summed E-state index contributed by atoms with van der Waals surface area (Å²) in [7, 11) is 0. The molecule has 0 aliphatic carbocycles. The standard InChI is InChI=1S/C16H15N3O2/c1-2-19(16(21)15(20)18-11-10-17)14-9-5-7-12-6-3-4-8-13(12)14/h3-9H,2,11H2,1H3,(H,18,20). The van der Waals surface area contributed by atoms with Crippen LogP contribution in [0.25, 0.3) is 10.8 Å². The highest BCUT2D eigenvalue weighted by molar-refractivity contribution is 6.41. The SMILES string of the molecule is CCN(C(=O)C(=O)NCC#N)c1cccc2ccccc12. The molecular weight excluding hydrogens is 266 g/mol. The van der Waals surface area contributed by atoms with Gasteiger partial charge in [-0.1, -0.05) is 36.4 Å². The van der Waals surface area contributed by atoms with E-state index in [2.05, 4.69) is 5.32 Å². The van der Waals surface area contributed by atoms with Gasteiger partial charge < -0.3 is 10.2 Å². The second kappa shape index (κ2) is 6.53. The van der Waals surface area contributed by atoms with E-state index in [1.54, 1.807) is 19.1 Å². The number of nitrogens with zero attached hydrogens (tertiary/aromatic N) is 2. The summed E-state index contributed by atoms with van der Waals surface area (Å²) in [5, 5.41) is 12.6. The van der Waals surface area contributed by atoms with Crippen LogP contribution in [0.3, 0.4) is 0 Å². The molecule has 0 heterocycles. The Morgan fingerprint density at radius 1 is 1.19 bits per heavy atom. The number of fused-ring (bicyclic) bond motifs is 1. The molecule has 0 aliphatic heterocycles. The van der Waals surface area contributed by atoms with Gasteiger partial charge in [0.1, 0.15) is 6.54 Å². The lowest BCUT2D eigenvalue weighted by Crippen LogP contribution is -2.43. The molecule has 5 nitrogen and oxygen atoms in total. The van der Waals surface area contributed by atoms with Crippen LogP contribution in [0.2, 0.25) is 0 Å². The highest BCUT2D eigenvalue weighted by Crippen LogP contribution is 2.26. The topological polar surface area (TPSA) is 73.2 Å². The summed E-state index contributed by atoms with van der Waals surface area (Å²) < 4.78 is 0. The van der Waals surface area contributed by atoms with Crippen LogP contribution < -0.4 is 10.2 Å². The molecule has 0 unspecified atom stereocenters. The summed E-state index contributed by atoms with van der Waals surface area (Å²) in [4.78, 5) is 25.4. The number of amides is 2. The van der Waals surface area contributed by atoms with Crippen molar-refractivity contribution in [3.05, 3.63) is 42.5 Å². The maximum absolute atomic E-state index is 12.2. The second-order valence-electron chi connectivity index (χ2n) is 4.39. The lowest BCUT2D eigenvalue weighted by atomic mass is 10.1. The van der Waals surface area contributed by atoms with Crippen molar-refractivity contribution in [2.75, 3.05) is 18.0 Å². The molecule has 2 aromatic rings. The number of benzene rings is 2. The van der Waals surface area contributed by atoms with Crippen LogP contribution in [0.15, 0.2) is 42.5 Å². The van der Waals surface area contributed by atoms with Crippen LogP contribution >= 0.6 is 0 Å². The van der Waals surface area contributed by atoms with Crippen LogP contribution in [-0.2, 0) is 9.59 Å². The molecule has 0 spiro atoms. The number of carbonyl (C=O) groups is 2. The molecule has 1 N–H and O–H groups in total. The van der Waals surface area contributed by atoms with Gasteiger partial charge in [-0.25, -0.2) is 0 Å². The molecule has 0 saturated heterocycles. The van der Waals surface area contributed by atoms with Gasteiger partial charge in [-0.05, 0) is 18.4 Å². The number of hydrogen-bond acceptors (Lipinski definition) is 3. The number of rotatable bonds is 3. The van der Waals surface area contributed by atoms with Gasteiger partial charge in [0.25, 0.3) is 0 Å². The van der Waals surface area contributed by atoms with E-state index in [0.717, 1.165) is 10.8 Å². The minimum absolute atomic E-state index is 0.183. The Morgan fingerprint density at radius 3 is 2.62 bits per heavy atom. The Labute approximate surface area is 122 Å². The quantitative estimate of drug-likeness (QED) is 0.689. The van der Waals surface area contributed by atoms with Crippen LogP contribution in [0.1, 0.15) is 6.92 Å². The molecule has 0 fully saturated rings. The Hall–Kier alpha value is -2.87. The minimum atomic E-state index is -0.772. The van der Waals surface area contributed by atoms with Crippen molar-refractivity contribution in [3.8, 4) is 6.07 Å². The Morgan fingerprint density at radius 2 is 1.90 bits per heavy atom. The molecule has 21 heavy (non-hydrogen) atoms. The van der Waals surface area contributed by atoms with E-state index in [-0.39, 0.29) is 6.54 Å². The van der Waals surface area contributed by atoms with E-state index in [1.807, 2.05) is 36.4 Å². The smallest absolute Gasteiger partial charge is 0.316 e. The normalized spacial score (nSPS) is 9.90. The zero-order valence-electron chi connectivity index (χ0n) is 11.7. The average molecular weight is 281 g/mol. The summed E-state index contributed by atoms with van der Waals surface area (Å²) in [6.45, 7) is 1.99. The molecule has 0 aromatic heterocycles. The highest BCUT2D eigenvalue weighted by Gasteiger charge is 2.22. The van der Waals surface area contributed by atoms with Gasteiger partial charge in [0.15, 0.2) is 0 Å². The van der Waals surface area contributed by atoms with Crippen LogP contribution in [0.5, 0.6) is 0 Å². The largest absolute Gasteiger partial charge is 0.335 e. The third kappa shape index (κ3) is 3.00. The number of hydrogen-bond donors (Lipinski definition) is 1. The predicted molar refractivity (Wildman–Crippen MR) is 80.6 cm³/mol. The third-order valence-corrected chi connectivity index (χ3v) is 3.14. The lowest BCUT2D eigenvalue weighted by molar-refractivity contribution is -0.137. The lowest BCUT2D eigenvalue weighted by Gasteiger charge is -2.21. The highest BCUT2D eigenvalue weighted by atomic mass is 16.2. The van der Waals surface area contributed by atoms with E-state index < -0.39 is 11.8 Å². The number of nitriles is 1. The first kappa shape index (κ1) is 14.5. The van der Waals surface area contributed by atoms with Crippen molar-refractivity contribution < 1.29 is 9.59 Å². The summed E-state index contributed by atoms with van der Waals surface area (Å²) in [5.74, 6) is -1.43. The van der Waals surface area contributed by atoms with Gasteiger partial charge in [0.2, 0.25) is 0 Å². The Bertz CT molecular complexity index is 714. The fourth-order valence-corrected chi connectivity index (χ4v) is 2.19. The zero-order chi connectivity index (χ0) is 15.2. The van der Waals surface area contributed by atoms with Crippen molar-refractivity contribution in [2.24, 2.45) is 0 Å². The van der Waals surface area contributed by atoms with Crippen LogP contribution in [0, 0.1) is 11.3 Å². The summed E-state index contributed by atoms with van der Waals surface area (Å²) in [5.41, 5.74) is 0.688. The third-order valence-electron chi connectivity index (χ3n) is 3.14. The molecule has 0 bridgehead atoms. The summed E-state index contributed by atoms with van der Waals surface area (Å²) in [6.07, 6.45) is 0. The summed E-state index contributed by atoms with van der Waals surface area (Å²) in [6, 6.07) is 15.1. The number of anilines is 1. The van der Waals surface area contributed by atoms with Gasteiger partial charge in [-0.15, -0.1) is 0 Å². The summed E-state index contributed by atoms with van der Waals surface area (Å²) >= 11 is 0. The fourth-order valence-electron chi connectivity index (χ4n) is 2.19. The molecule has 0 saturated carbocycles. The molecule has 2 aromatic carbocycles. The van der Waals surface area contributed by atoms with Crippen LogP contribution in [0.4, 0.5) is 5.69 Å². The van der Waals surface area contributed by atoms with E-state index in [9.17, 15) is 9.59 Å². The first-order valence-corrected chi connectivity index (χ1v) is 6.63. The molecule has 106 valence electrons. The van der Waals surface area contributed by atoms with Crippen molar-refractivity contribution in [3.63, 3.8) is 0 Å². The minimum Gasteiger partial charge on any atom is -0.335 e. The van der Waals surface area contributed by atoms with E-state index in [4.69, 9.17) is 5.26 Å². The monoisotopic (exact) mass is 281 g/mol. The van der Waals surface area contributed by atoms with Crippen molar-refractivity contribution in [1.82, 2.24) is 5.32 Å². The fraction of sp³-hybridized carbons (Fsp3) is 0.188. The molecular formula is C16H15N3O2. The number of likely N-dealkylation sites (N-methyl/N-ethyl adjacent to an activating group) is 1. The van der Waals surface area contributed by atoms with Crippen molar-refractivity contribution >= 4 is 28.3 Å². The van der Waals surface area contributed by atoms with E-state index in [0.29, 0.717) is 12.2 Å². The number of nitrogens with one attached hydrogen (secondary N) is 1. The molecule has 0 atom stereocenters. The van der Waals surface area contributed by atoms with Crippen LogP contribution in [-0.4, -0.2) is 24.9 Å². The van der Waals surface area contributed by atoms with Crippen molar-refractivity contribution in [1.29, 1.82) is 5.26 Å². The van der Waals surface area contributed by atoms with Gasteiger partial charge in [0.05, 0.1) is 11.8 Å². The van der Waals surface area contributed by atoms with E-state index in [1.165, 1.54) is 4.90 Å². The maximum atomic E-state index is 12.2. The van der Waals surface area contributed by atoms with E-state index >= 15 is 0 Å². The maximum Gasteiger partial charge on any atom is 0.316 e. The second-order valence-corrected chi connectivity index (χ2v) is 4.39. The molecule has 2 amide bonds. The van der Waals surface area contributed by atoms with Gasteiger partial charge in [-0.3, -0.25) is 9.59 Å². The zero-order valence-corrected chi connectivity index (χ0v) is 11.7. The molecule has 2 rings (SSSR count). The van der Waals surface area contributed by atoms with Crippen molar-refractivity contribution in [2.45, 2.75) is 6.92 Å². The first-order chi connectivity index (χ1) is 10.2. The molecule has 5 heteroatoms. The average Bonchev–Trinajstić information content (AvgIpc) is 2.53. The molecule has 0 radical (unpaired) electrons. The van der Waals surface area contributed by atoms with Gasteiger partial charge >= 0.3 is 11.8 Å². The first-order valence-electron chi connectivity index (χ1n) is 6.63. The predicted octanol–water partition coefficient (Wildman–Crippen LogP) is 1.83.